The summed E-state index contributed by atoms with van der Waals surface area (Å²) < 4.78 is 15.1. The Kier molecular flexibility index (Phi) is 5.02. The second-order valence-electron chi connectivity index (χ2n) is 6.89. The van der Waals surface area contributed by atoms with Crippen molar-refractivity contribution in [3.63, 3.8) is 0 Å². The zero-order chi connectivity index (χ0) is 19.5. The molecule has 1 N–H and O–H groups in total. The SMILES string of the molecule is O=C(Cn1nc(-c2ccccc2F)ccc1=O)Nc1cccc2c1CCCC2. The Balaban J connectivity index is 1.56. The molecule has 28 heavy (non-hydrogen) atoms. The van der Waals surface area contributed by atoms with E-state index in [4.69, 9.17) is 0 Å². The first-order valence-electron chi connectivity index (χ1n) is 9.35. The van der Waals surface area contributed by atoms with Crippen LogP contribution in [0.15, 0.2) is 59.4 Å². The van der Waals surface area contributed by atoms with E-state index in [-0.39, 0.29) is 18.0 Å². The summed E-state index contributed by atoms with van der Waals surface area (Å²) in [5.74, 6) is -0.764. The van der Waals surface area contributed by atoms with Crippen molar-refractivity contribution in [3.05, 3.63) is 81.9 Å². The molecule has 3 aromatic rings. The van der Waals surface area contributed by atoms with Gasteiger partial charge in [0.25, 0.3) is 5.56 Å². The Morgan fingerprint density at radius 2 is 1.86 bits per heavy atom. The van der Waals surface area contributed by atoms with E-state index in [2.05, 4.69) is 16.5 Å². The van der Waals surface area contributed by atoms with Crippen LogP contribution >= 0.6 is 0 Å². The molecule has 1 aliphatic rings. The van der Waals surface area contributed by atoms with Gasteiger partial charge in [0.2, 0.25) is 5.91 Å². The van der Waals surface area contributed by atoms with Crippen LogP contribution in [0.5, 0.6) is 0 Å². The minimum atomic E-state index is -0.430. The molecular formula is C22H20FN3O2. The lowest BCUT2D eigenvalue weighted by Gasteiger charge is -2.19. The maximum Gasteiger partial charge on any atom is 0.267 e. The summed E-state index contributed by atoms with van der Waals surface area (Å²) in [6.07, 6.45) is 4.22. The first-order valence-corrected chi connectivity index (χ1v) is 9.35. The van der Waals surface area contributed by atoms with Gasteiger partial charge in [-0.05, 0) is 61.1 Å². The number of aromatic nitrogens is 2. The molecule has 0 fully saturated rings. The van der Waals surface area contributed by atoms with Crippen molar-refractivity contribution in [2.24, 2.45) is 0 Å². The Labute approximate surface area is 161 Å². The van der Waals surface area contributed by atoms with Gasteiger partial charge >= 0.3 is 0 Å². The highest BCUT2D eigenvalue weighted by molar-refractivity contribution is 5.91. The van der Waals surface area contributed by atoms with Crippen LogP contribution in [0.2, 0.25) is 0 Å². The molecule has 0 atom stereocenters. The van der Waals surface area contributed by atoms with Crippen LogP contribution in [0.4, 0.5) is 10.1 Å². The van der Waals surface area contributed by atoms with Gasteiger partial charge < -0.3 is 5.32 Å². The van der Waals surface area contributed by atoms with Gasteiger partial charge in [0.05, 0.1) is 5.69 Å². The van der Waals surface area contributed by atoms with E-state index in [1.807, 2.05) is 12.1 Å². The summed E-state index contributed by atoms with van der Waals surface area (Å²) in [6.45, 7) is -0.231. The molecule has 142 valence electrons. The summed E-state index contributed by atoms with van der Waals surface area (Å²) in [5, 5.41) is 7.08. The Bertz CT molecular complexity index is 1090. The van der Waals surface area contributed by atoms with Crippen molar-refractivity contribution in [2.45, 2.75) is 32.2 Å². The minimum absolute atomic E-state index is 0.231. The summed E-state index contributed by atoms with van der Waals surface area (Å²) in [6, 6.07) is 14.9. The molecule has 1 aromatic heterocycles. The fraction of sp³-hybridized carbons (Fsp3) is 0.227. The average molecular weight is 377 g/mol. The molecule has 1 amide bonds. The van der Waals surface area contributed by atoms with Crippen LogP contribution in [-0.4, -0.2) is 15.7 Å². The van der Waals surface area contributed by atoms with E-state index in [1.54, 1.807) is 18.2 Å². The predicted octanol–water partition coefficient (Wildman–Crippen LogP) is 3.57. The molecule has 2 aromatic carbocycles. The van der Waals surface area contributed by atoms with Crippen LogP contribution < -0.4 is 10.9 Å². The number of halogens is 1. The van der Waals surface area contributed by atoms with Gasteiger partial charge in [0.1, 0.15) is 12.4 Å². The number of rotatable bonds is 4. The largest absolute Gasteiger partial charge is 0.324 e. The molecule has 6 heteroatoms. The molecule has 0 spiro atoms. The molecule has 0 saturated carbocycles. The standard InChI is InChI=1S/C22H20FN3O2/c23-18-10-4-3-9-17(18)20-12-13-22(28)26(25-20)14-21(27)24-19-11-5-7-15-6-1-2-8-16(15)19/h3-5,7,9-13H,1-2,6,8,14H2,(H,24,27). The van der Waals surface area contributed by atoms with Crippen molar-refractivity contribution in [1.29, 1.82) is 0 Å². The van der Waals surface area contributed by atoms with Gasteiger partial charge in [-0.1, -0.05) is 24.3 Å². The van der Waals surface area contributed by atoms with Crippen molar-refractivity contribution >= 4 is 11.6 Å². The van der Waals surface area contributed by atoms with E-state index in [0.717, 1.165) is 36.1 Å². The normalized spacial score (nSPS) is 13.0. The fourth-order valence-electron chi connectivity index (χ4n) is 3.60. The number of anilines is 1. The van der Waals surface area contributed by atoms with E-state index >= 15 is 0 Å². The molecule has 0 saturated heterocycles. The number of aryl methyl sites for hydroxylation is 1. The van der Waals surface area contributed by atoms with Gasteiger partial charge in [-0.25, -0.2) is 9.07 Å². The maximum atomic E-state index is 14.0. The Morgan fingerprint density at radius 3 is 2.71 bits per heavy atom. The molecule has 0 unspecified atom stereocenters. The zero-order valence-electron chi connectivity index (χ0n) is 15.3. The number of carbonyl (C=O) groups is 1. The van der Waals surface area contributed by atoms with Crippen LogP contribution in [-0.2, 0) is 24.2 Å². The van der Waals surface area contributed by atoms with Crippen LogP contribution in [0.3, 0.4) is 0 Å². The third-order valence-electron chi connectivity index (χ3n) is 4.98. The fourth-order valence-corrected chi connectivity index (χ4v) is 3.60. The number of benzene rings is 2. The number of carbonyl (C=O) groups excluding carboxylic acids is 1. The smallest absolute Gasteiger partial charge is 0.267 e. The van der Waals surface area contributed by atoms with Gasteiger partial charge in [-0.3, -0.25) is 9.59 Å². The van der Waals surface area contributed by atoms with Crippen molar-refractivity contribution < 1.29 is 9.18 Å². The summed E-state index contributed by atoms with van der Waals surface area (Å²) in [5.41, 5.74) is 3.41. The predicted molar refractivity (Wildman–Crippen MR) is 106 cm³/mol. The highest BCUT2D eigenvalue weighted by atomic mass is 19.1. The molecule has 5 nitrogen and oxygen atoms in total. The average Bonchev–Trinajstić information content (AvgIpc) is 2.70. The monoisotopic (exact) mass is 377 g/mol. The van der Waals surface area contributed by atoms with Crippen LogP contribution in [0.1, 0.15) is 24.0 Å². The number of fused-ring (bicyclic) bond motifs is 1. The van der Waals surface area contributed by atoms with Crippen LogP contribution in [0.25, 0.3) is 11.3 Å². The third-order valence-corrected chi connectivity index (χ3v) is 4.98. The minimum Gasteiger partial charge on any atom is -0.324 e. The summed E-state index contributed by atoms with van der Waals surface area (Å²) >= 11 is 0. The molecule has 0 bridgehead atoms. The van der Waals surface area contributed by atoms with Gasteiger partial charge in [-0.2, -0.15) is 5.10 Å². The lowest BCUT2D eigenvalue weighted by Crippen LogP contribution is -2.29. The second-order valence-corrected chi connectivity index (χ2v) is 6.89. The maximum absolute atomic E-state index is 14.0. The molecule has 1 aliphatic carbocycles. The highest BCUT2D eigenvalue weighted by Crippen LogP contribution is 2.27. The van der Waals surface area contributed by atoms with Gasteiger partial charge in [-0.15, -0.1) is 0 Å². The zero-order valence-corrected chi connectivity index (χ0v) is 15.3. The molecular weight excluding hydrogens is 357 g/mol. The second kappa shape index (κ2) is 7.76. The third kappa shape index (κ3) is 3.71. The molecule has 4 rings (SSSR count). The number of nitrogens with one attached hydrogen (secondary N) is 1. The van der Waals surface area contributed by atoms with Crippen molar-refractivity contribution in [3.8, 4) is 11.3 Å². The van der Waals surface area contributed by atoms with Gasteiger partial charge in [0.15, 0.2) is 0 Å². The lowest BCUT2D eigenvalue weighted by molar-refractivity contribution is -0.117. The topological polar surface area (TPSA) is 64.0 Å². The Hall–Kier alpha value is -3.28. The number of hydrogen-bond donors (Lipinski definition) is 1. The van der Waals surface area contributed by atoms with Crippen molar-refractivity contribution in [2.75, 3.05) is 5.32 Å². The van der Waals surface area contributed by atoms with Crippen molar-refractivity contribution in [1.82, 2.24) is 9.78 Å². The molecule has 1 heterocycles. The Morgan fingerprint density at radius 1 is 1.04 bits per heavy atom. The van der Waals surface area contributed by atoms with E-state index in [1.165, 1.54) is 29.3 Å². The summed E-state index contributed by atoms with van der Waals surface area (Å²) in [7, 11) is 0. The first kappa shape index (κ1) is 18.1. The number of amides is 1. The highest BCUT2D eigenvalue weighted by Gasteiger charge is 2.15. The number of hydrogen-bond acceptors (Lipinski definition) is 3. The van der Waals surface area contributed by atoms with E-state index in [9.17, 15) is 14.0 Å². The van der Waals surface area contributed by atoms with Gasteiger partial charge in [0, 0.05) is 17.3 Å². The lowest BCUT2D eigenvalue weighted by atomic mass is 9.90. The molecule has 0 radical (unpaired) electrons. The van der Waals surface area contributed by atoms with E-state index in [0.29, 0.717) is 5.69 Å². The molecule has 0 aliphatic heterocycles. The van der Waals surface area contributed by atoms with Crippen LogP contribution in [0, 0.1) is 5.82 Å². The first-order chi connectivity index (χ1) is 13.6. The summed E-state index contributed by atoms with van der Waals surface area (Å²) in [4.78, 5) is 24.7. The van der Waals surface area contributed by atoms with E-state index < -0.39 is 11.4 Å². The number of nitrogens with zero attached hydrogens (tertiary/aromatic N) is 2. The quantitative estimate of drug-likeness (QED) is 0.756.